The van der Waals surface area contributed by atoms with Gasteiger partial charge in [-0.3, -0.25) is 0 Å². The molecule has 0 saturated carbocycles. The molecule has 0 aliphatic heterocycles. The van der Waals surface area contributed by atoms with Gasteiger partial charge in [-0.1, -0.05) is 26.3 Å². The minimum absolute atomic E-state index is 0.0123. The quantitative estimate of drug-likeness (QED) is 0.297. The summed E-state index contributed by atoms with van der Waals surface area (Å²) in [5.41, 5.74) is 0.0390. The highest BCUT2D eigenvalue weighted by Gasteiger charge is 2.25. The molecule has 2 aromatic carbocycles. The first-order valence-corrected chi connectivity index (χ1v) is 10.0. The van der Waals surface area contributed by atoms with Crippen molar-refractivity contribution < 1.29 is 42.5 Å². The number of hydrogen-bond acceptors (Lipinski definition) is 8. The van der Waals surface area contributed by atoms with Crippen LogP contribution in [0.1, 0.15) is 27.7 Å². The van der Waals surface area contributed by atoms with Crippen molar-refractivity contribution in [1.82, 2.24) is 0 Å². The molecule has 0 atom stereocenters. The number of halogens is 1. The highest BCUT2D eigenvalue weighted by Crippen LogP contribution is 2.43. The first-order valence-electron chi connectivity index (χ1n) is 10.0. The lowest BCUT2D eigenvalue weighted by molar-refractivity contribution is -0.131. The van der Waals surface area contributed by atoms with E-state index in [1.807, 2.05) is 0 Å². The van der Waals surface area contributed by atoms with Gasteiger partial charge in [0.15, 0.2) is 11.6 Å². The third-order valence-electron chi connectivity index (χ3n) is 4.25. The summed E-state index contributed by atoms with van der Waals surface area (Å²) in [7, 11) is 0. The molecule has 0 heterocycles. The normalized spacial score (nSPS) is 10.2. The molecule has 0 radical (unpaired) electrons. The zero-order chi connectivity index (χ0) is 26.6. The lowest BCUT2D eigenvalue weighted by Crippen LogP contribution is -2.14. The lowest BCUT2D eigenvalue weighted by Gasteiger charge is -2.16. The average Bonchev–Trinajstić information content (AvgIpc) is 2.75. The number of benzene rings is 2. The van der Waals surface area contributed by atoms with Crippen LogP contribution in [0.5, 0.6) is 23.0 Å². The first-order chi connectivity index (χ1) is 16.2. The van der Waals surface area contributed by atoms with Crippen LogP contribution in [0.4, 0.5) is 4.39 Å². The van der Waals surface area contributed by atoms with Gasteiger partial charge in [-0.05, 0) is 33.8 Å². The highest BCUT2D eigenvalue weighted by atomic mass is 19.1. The van der Waals surface area contributed by atoms with Gasteiger partial charge in [-0.15, -0.1) is 0 Å². The fourth-order valence-corrected chi connectivity index (χ4v) is 2.45. The van der Waals surface area contributed by atoms with Crippen LogP contribution in [0.25, 0.3) is 10.8 Å². The van der Waals surface area contributed by atoms with Crippen molar-refractivity contribution in [2.45, 2.75) is 27.7 Å². The molecular weight excluding hydrogens is 459 g/mol. The second-order valence-electron chi connectivity index (χ2n) is 7.71. The van der Waals surface area contributed by atoms with Gasteiger partial charge in [0.2, 0.25) is 0 Å². The minimum Gasteiger partial charge on any atom is -0.423 e. The fraction of sp³-hybridized carbons (Fsp3) is 0.154. The molecule has 0 aromatic heterocycles. The van der Waals surface area contributed by atoms with E-state index >= 15 is 4.39 Å². The van der Waals surface area contributed by atoms with Crippen molar-refractivity contribution in [2.24, 2.45) is 0 Å². The standard InChI is InChI=1S/C26H23FO8/c1-12(2)23(28)32-16-9-17-18(33-24(29)13(3)4)11-20(35-26(31)15(7)8)22(27)21(17)19(10-16)34-25(30)14(5)6/h9-11H,1,3,5,7H2,2,4,6,8H3. The van der Waals surface area contributed by atoms with E-state index < -0.39 is 46.6 Å². The maximum atomic E-state index is 15.6. The van der Waals surface area contributed by atoms with Gasteiger partial charge in [0.05, 0.1) is 5.39 Å². The third-order valence-corrected chi connectivity index (χ3v) is 4.25. The number of esters is 4. The summed E-state index contributed by atoms with van der Waals surface area (Å²) >= 11 is 0. The minimum atomic E-state index is -1.12. The molecule has 0 unspecified atom stereocenters. The van der Waals surface area contributed by atoms with Crippen LogP contribution in [0.2, 0.25) is 0 Å². The fourth-order valence-electron chi connectivity index (χ4n) is 2.45. The van der Waals surface area contributed by atoms with Crippen molar-refractivity contribution in [3.63, 3.8) is 0 Å². The molecule has 9 heteroatoms. The van der Waals surface area contributed by atoms with E-state index in [-0.39, 0.29) is 39.2 Å². The Hall–Kier alpha value is -4.53. The molecule has 0 aliphatic carbocycles. The number of ether oxygens (including phenoxy) is 4. The van der Waals surface area contributed by atoms with E-state index in [1.165, 1.54) is 33.8 Å². The topological polar surface area (TPSA) is 105 Å². The zero-order valence-electron chi connectivity index (χ0n) is 19.7. The molecule has 0 saturated heterocycles. The molecular formula is C26H23FO8. The second kappa shape index (κ2) is 10.6. The summed E-state index contributed by atoms with van der Waals surface area (Å²) in [4.78, 5) is 48.6. The highest BCUT2D eigenvalue weighted by molar-refractivity contribution is 6.02. The molecule has 0 N–H and O–H groups in total. The van der Waals surface area contributed by atoms with Gasteiger partial charge in [-0.2, -0.15) is 0 Å². The monoisotopic (exact) mass is 482 g/mol. The second-order valence-corrected chi connectivity index (χ2v) is 7.71. The average molecular weight is 482 g/mol. The van der Waals surface area contributed by atoms with E-state index in [0.717, 1.165) is 12.1 Å². The summed E-state index contributed by atoms with van der Waals surface area (Å²) in [5.74, 6) is -6.19. The molecule has 8 nitrogen and oxygen atoms in total. The Balaban J connectivity index is 2.91. The van der Waals surface area contributed by atoms with E-state index in [0.29, 0.717) is 0 Å². The van der Waals surface area contributed by atoms with Crippen LogP contribution in [0.15, 0.2) is 66.8 Å². The summed E-state index contributed by atoms with van der Waals surface area (Å²) in [5, 5.41) is -0.532. The van der Waals surface area contributed by atoms with E-state index in [1.54, 1.807) is 0 Å². The summed E-state index contributed by atoms with van der Waals surface area (Å²) in [6.07, 6.45) is 0. The van der Waals surface area contributed by atoms with Crippen molar-refractivity contribution in [2.75, 3.05) is 0 Å². The Kier molecular flexibility index (Phi) is 8.09. The maximum absolute atomic E-state index is 15.6. The van der Waals surface area contributed by atoms with Crippen LogP contribution in [-0.2, 0) is 19.2 Å². The zero-order valence-corrected chi connectivity index (χ0v) is 19.7. The Morgan fingerprint density at radius 1 is 0.600 bits per heavy atom. The van der Waals surface area contributed by atoms with Gasteiger partial charge < -0.3 is 18.9 Å². The Morgan fingerprint density at radius 2 is 1.00 bits per heavy atom. The SMILES string of the molecule is C=C(C)C(=O)Oc1cc(OC(=O)C(=C)C)c2c(F)c(OC(=O)C(=C)C)cc(OC(=O)C(=C)C)c2c1. The van der Waals surface area contributed by atoms with Crippen molar-refractivity contribution in [3.8, 4) is 23.0 Å². The molecule has 0 fully saturated rings. The molecule has 0 bridgehead atoms. The molecule has 0 spiro atoms. The summed E-state index contributed by atoms with van der Waals surface area (Å²) < 4.78 is 36.4. The lowest BCUT2D eigenvalue weighted by atomic mass is 10.1. The Bertz CT molecular complexity index is 1330. The van der Waals surface area contributed by atoms with Crippen molar-refractivity contribution >= 4 is 34.6 Å². The molecule has 182 valence electrons. The number of hydrogen-bond donors (Lipinski definition) is 0. The maximum Gasteiger partial charge on any atom is 0.338 e. The number of carbonyl (C=O) groups is 4. The number of fused-ring (bicyclic) bond motifs is 1. The molecule has 0 aliphatic rings. The van der Waals surface area contributed by atoms with Gasteiger partial charge in [0, 0.05) is 39.8 Å². The van der Waals surface area contributed by atoms with E-state index in [2.05, 4.69) is 26.3 Å². The predicted octanol–water partition coefficient (Wildman–Crippen LogP) is 4.90. The van der Waals surface area contributed by atoms with Crippen LogP contribution >= 0.6 is 0 Å². The molecule has 0 amide bonds. The van der Waals surface area contributed by atoms with Crippen molar-refractivity contribution in [1.29, 1.82) is 0 Å². The molecule has 2 rings (SSSR count). The predicted molar refractivity (Wildman–Crippen MR) is 126 cm³/mol. The van der Waals surface area contributed by atoms with Gasteiger partial charge in [0.1, 0.15) is 17.2 Å². The van der Waals surface area contributed by atoms with Crippen LogP contribution in [0.3, 0.4) is 0 Å². The smallest absolute Gasteiger partial charge is 0.338 e. The molecule has 2 aromatic rings. The van der Waals surface area contributed by atoms with Crippen LogP contribution in [-0.4, -0.2) is 23.9 Å². The first kappa shape index (κ1) is 26.7. The Morgan fingerprint density at radius 3 is 1.46 bits per heavy atom. The van der Waals surface area contributed by atoms with Crippen LogP contribution < -0.4 is 18.9 Å². The van der Waals surface area contributed by atoms with E-state index in [9.17, 15) is 19.2 Å². The summed E-state index contributed by atoms with van der Waals surface area (Å²) in [6.45, 7) is 19.4. The van der Waals surface area contributed by atoms with Gasteiger partial charge in [0.25, 0.3) is 0 Å². The van der Waals surface area contributed by atoms with Gasteiger partial charge >= 0.3 is 23.9 Å². The third kappa shape index (κ3) is 6.29. The number of carbonyl (C=O) groups excluding carboxylic acids is 4. The van der Waals surface area contributed by atoms with Crippen LogP contribution in [0, 0.1) is 5.82 Å². The Labute approximate surface area is 200 Å². The molecule has 35 heavy (non-hydrogen) atoms. The summed E-state index contributed by atoms with van der Waals surface area (Å²) in [6, 6.07) is 3.21. The number of rotatable bonds is 8. The van der Waals surface area contributed by atoms with Crippen molar-refractivity contribution in [3.05, 3.63) is 72.6 Å². The largest absolute Gasteiger partial charge is 0.423 e. The van der Waals surface area contributed by atoms with E-state index in [4.69, 9.17) is 18.9 Å². The van der Waals surface area contributed by atoms with Gasteiger partial charge in [-0.25, -0.2) is 23.6 Å².